The van der Waals surface area contributed by atoms with E-state index in [0.717, 1.165) is 22.5 Å². The number of Topliss-reactive ketones (excluding diaryl/α,β-unsaturated/α-hetero) is 1. The van der Waals surface area contributed by atoms with Crippen LogP contribution in [0.5, 0.6) is 0 Å². The van der Waals surface area contributed by atoms with Crippen LogP contribution in [0.3, 0.4) is 0 Å². The van der Waals surface area contributed by atoms with Crippen LogP contribution in [0.25, 0.3) is 0 Å². The third-order valence-electron chi connectivity index (χ3n) is 5.30. The molecule has 0 saturated carbocycles. The number of carbonyl (C=O) groups is 1. The average molecular weight is 447 g/mol. The number of benzene rings is 3. The maximum absolute atomic E-state index is 12.5. The summed E-state index contributed by atoms with van der Waals surface area (Å²) < 4.78 is 0. The third kappa shape index (κ3) is 3.06. The first kappa shape index (κ1) is 19.8. The minimum absolute atomic E-state index is 0.101. The normalized spacial score (nSPS) is 19.8. The second kappa shape index (κ2) is 7.55. The molecule has 5 rings (SSSR count). The standard InChI is InChI=1S/C24H19ClN4OS/c1-16-19-12-6-7-13-20(19)24(28(26-16)18-10-4-3-5-11-18)29(27-23(31-24)17(2)30)22-15-9-8-14-21(22)25/h3-15H,1-2H3. The fourth-order valence-corrected chi connectivity index (χ4v) is 5.41. The van der Waals surface area contributed by atoms with Crippen LogP contribution >= 0.6 is 23.4 Å². The molecular formula is C24H19ClN4OS. The van der Waals surface area contributed by atoms with Gasteiger partial charge in [0.25, 0.3) is 0 Å². The van der Waals surface area contributed by atoms with Gasteiger partial charge in [-0.05, 0) is 43.0 Å². The molecule has 5 nitrogen and oxygen atoms in total. The maximum atomic E-state index is 12.5. The van der Waals surface area contributed by atoms with Crippen molar-refractivity contribution < 1.29 is 4.79 Å². The Bertz CT molecular complexity index is 1240. The van der Waals surface area contributed by atoms with E-state index >= 15 is 0 Å². The van der Waals surface area contributed by atoms with Crippen molar-refractivity contribution >= 4 is 51.3 Å². The summed E-state index contributed by atoms with van der Waals surface area (Å²) in [7, 11) is 0. The molecule has 0 aromatic heterocycles. The lowest BCUT2D eigenvalue weighted by molar-refractivity contribution is -0.110. The van der Waals surface area contributed by atoms with E-state index in [2.05, 4.69) is 12.1 Å². The molecule has 31 heavy (non-hydrogen) atoms. The summed E-state index contributed by atoms with van der Waals surface area (Å²) in [6, 6.07) is 25.6. The van der Waals surface area contributed by atoms with Crippen LogP contribution in [0.4, 0.5) is 11.4 Å². The second-order valence-corrected chi connectivity index (χ2v) is 8.88. The minimum atomic E-state index is -0.941. The number of nitrogens with zero attached hydrogens (tertiary/aromatic N) is 4. The molecule has 2 aliphatic heterocycles. The molecule has 0 bridgehead atoms. The Morgan fingerprint density at radius 1 is 0.903 bits per heavy atom. The molecule has 1 atom stereocenters. The van der Waals surface area contributed by atoms with E-state index in [1.165, 1.54) is 18.7 Å². The van der Waals surface area contributed by atoms with Gasteiger partial charge in [0, 0.05) is 18.1 Å². The lowest BCUT2D eigenvalue weighted by atomic mass is 9.98. The number of rotatable bonds is 3. The van der Waals surface area contributed by atoms with Gasteiger partial charge in [-0.25, -0.2) is 10.0 Å². The first-order chi connectivity index (χ1) is 15.0. The number of fused-ring (bicyclic) bond motifs is 2. The summed E-state index contributed by atoms with van der Waals surface area (Å²) in [4.78, 5) is 11.5. The first-order valence-corrected chi connectivity index (χ1v) is 11.1. The lowest BCUT2D eigenvalue weighted by Gasteiger charge is -2.47. The molecule has 0 amide bonds. The number of thioether (sulfide) groups is 1. The van der Waals surface area contributed by atoms with Gasteiger partial charge in [0.2, 0.25) is 4.99 Å². The van der Waals surface area contributed by atoms with Gasteiger partial charge in [0.1, 0.15) is 0 Å². The third-order valence-corrected chi connectivity index (χ3v) is 7.04. The van der Waals surface area contributed by atoms with Gasteiger partial charge in [0.05, 0.1) is 22.1 Å². The minimum Gasteiger partial charge on any atom is -0.292 e. The van der Waals surface area contributed by atoms with Gasteiger partial charge < -0.3 is 0 Å². The zero-order chi connectivity index (χ0) is 21.6. The van der Waals surface area contributed by atoms with Crippen LogP contribution in [-0.2, 0) is 9.79 Å². The summed E-state index contributed by atoms with van der Waals surface area (Å²) in [5.74, 6) is -0.101. The van der Waals surface area contributed by atoms with Gasteiger partial charge >= 0.3 is 0 Å². The van der Waals surface area contributed by atoms with Gasteiger partial charge in [0.15, 0.2) is 10.8 Å². The van der Waals surface area contributed by atoms with Crippen molar-refractivity contribution in [2.45, 2.75) is 18.8 Å². The number of anilines is 2. The lowest BCUT2D eigenvalue weighted by Crippen LogP contribution is -2.53. The highest BCUT2D eigenvalue weighted by Gasteiger charge is 2.55. The fraction of sp³-hybridized carbons (Fsp3) is 0.125. The van der Waals surface area contributed by atoms with Crippen LogP contribution in [0.1, 0.15) is 25.0 Å². The van der Waals surface area contributed by atoms with Gasteiger partial charge in [-0.2, -0.15) is 10.2 Å². The van der Waals surface area contributed by atoms with Crippen LogP contribution in [0.15, 0.2) is 89.1 Å². The Morgan fingerprint density at radius 2 is 1.58 bits per heavy atom. The highest BCUT2D eigenvalue weighted by Crippen LogP contribution is 2.55. The number of hydrogen-bond donors (Lipinski definition) is 0. The van der Waals surface area contributed by atoms with Crippen molar-refractivity contribution in [3.8, 4) is 0 Å². The van der Waals surface area contributed by atoms with E-state index in [4.69, 9.17) is 21.8 Å². The van der Waals surface area contributed by atoms with E-state index in [-0.39, 0.29) is 5.78 Å². The molecule has 7 heteroatoms. The van der Waals surface area contributed by atoms with E-state index in [9.17, 15) is 4.79 Å². The molecule has 2 aliphatic rings. The predicted molar refractivity (Wildman–Crippen MR) is 129 cm³/mol. The quantitative estimate of drug-likeness (QED) is 0.506. The fourth-order valence-electron chi connectivity index (χ4n) is 3.91. The largest absolute Gasteiger partial charge is 0.292 e. The zero-order valence-corrected chi connectivity index (χ0v) is 18.6. The number of ketones is 1. The molecule has 3 aromatic rings. The summed E-state index contributed by atoms with van der Waals surface area (Å²) in [6.45, 7) is 3.53. The van der Waals surface area contributed by atoms with Crippen molar-refractivity contribution in [2.75, 3.05) is 10.0 Å². The molecule has 1 unspecified atom stereocenters. The maximum Gasteiger partial charge on any atom is 0.234 e. The van der Waals surface area contributed by atoms with Crippen molar-refractivity contribution in [2.24, 2.45) is 10.2 Å². The van der Waals surface area contributed by atoms with Crippen molar-refractivity contribution in [1.29, 1.82) is 0 Å². The predicted octanol–water partition coefficient (Wildman–Crippen LogP) is 5.85. The average Bonchev–Trinajstić information content (AvgIpc) is 3.19. The van der Waals surface area contributed by atoms with Gasteiger partial charge in [-0.1, -0.05) is 66.2 Å². The zero-order valence-electron chi connectivity index (χ0n) is 17.0. The molecular weight excluding hydrogens is 428 g/mol. The topological polar surface area (TPSA) is 48.3 Å². The molecule has 154 valence electrons. The van der Waals surface area contributed by atoms with Crippen molar-refractivity contribution in [3.63, 3.8) is 0 Å². The SMILES string of the molecule is CC(=O)C1=NN(c2ccccc2Cl)C2(S1)c1ccccc1C(C)=NN2c1ccccc1. The van der Waals surface area contributed by atoms with Gasteiger partial charge in [-0.3, -0.25) is 4.79 Å². The molecule has 0 fully saturated rings. The number of carbonyl (C=O) groups excluding carboxylic acids is 1. The Balaban J connectivity index is 1.84. The van der Waals surface area contributed by atoms with Crippen LogP contribution in [-0.4, -0.2) is 16.5 Å². The van der Waals surface area contributed by atoms with Crippen molar-refractivity contribution in [3.05, 3.63) is 95.0 Å². The Hall–Kier alpha value is -3.09. The van der Waals surface area contributed by atoms with Crippen LogP contribution in [0, 0.1) is 0 Å². The highest BCUT2D eigenvalue weighted by atomic mass is 35.5. The molecule has 1 spiro atoms. The summed E-state index contributed by atoms with van der Waals surface area (Å²) in [6.07, 6.45) is 0. The second-order valence-electron chi connectivity index (χ2n) is 7.31. The highest BCUT2D eigenvalue weighted by molar-refractivity contribution is 8.17. The molecule has 0 saturated heterocycles. The van der Waals surface area contributed by atoms with E-state index < -0.39 is 4.99 Å². The molecule has 0 N–H and O–H groups in total. The molecule has 3 aromatic carbocycles. The van der Waals surface area contributed by atoms with E-state index in [1.807, 2.05) is 83.7 Å². The Labute approximate surface area is 190 Å². The Kier molecular flexibility index (Phi) is 4.84. The molecule has 2 heterocycles. The van der Waals surface area contributed by atoms with Gasteiger partial charge in [-0.15, -0.1) is 0 Å². The number of halogens is 1. The summed E-state index contributed by atoms with van der Waals surface area (Å²) in [5.41, 5.74) is 4.50. The number of hydrogen-bond acceptors (Lipinski definition) is 6. The monoisotopic (exact) mass is 446 g/mol. The van der Waals surface area contributed by atoms with Crippen LogP contribution < -0.4 is 10.0 Å². The first-order valence-electron chi connectivity index (χ1n) is 9.86. The van der Waals surface area contributed by atoms with Crippen LogP contribution in [0.2, 0.25) is 5.02 Å². The smallest absolute Gasteiger partial charge is 0.234 e. The summed E-state index contributed by atoms with van der Waals surface area (Å²) in [5, 5.41) is 14.5. The molecule has 0 radical (unpaired) electrons. The molecule has 0 aliphatic carbocycles. The summed E-state index contributed by atoms with van der Waals surface area (Å²) >= 11 is 8.01. The number of hydrazone groups is 2. The van der Waals surface area contributed by atoms with E-state index in [1.54, 1.807) is 0 Å². The Morgan fingerprint density at radius 3 is 2.32 bits per heavy atom. The van der Waals surface area contributed by atoms with Crippen molar-refractivity contribution in [1.82, 2.24) is 0 Å². The van der Waals surface area contributed by atoms with E-state index in [0.29, 0.717) is 15.8 Å². The number of para-hydroxylation sites is 2.